The fraction of sp³-hybridized carbons (Fsp3) is 0.200. The molecule has 1 aliphatic carbocycles. The van der Waals surface area contributed by atoms with Gasteiger partial charge in [0.05, 0.1) is 17.0 Å². The van der Waals surface area contributed by atoms with Gasteiger partial charge in [0.1, 0.15) is 24.0 Å². The summed E-state index contributed by atoms with van der Waals surface area (Å²) in [4.78, 5) is 20.4. The molecule has 6 nitrogen and oxygen atoms in total. The first-order chi connectivity index (χ1) is 18.8. The van der Waals surface area contributed by atoms with Gasteiger partial charge in [-0.05, 0) is 53.6 Å². The van der Waals surface area contributed by atoms with Crippen LogP contribution in [0.2, 0.25) is 0 Å². The van der Waals surface area contributed by atoms with Crippen molar-refractivity contribution in [2.24, 2.45) is 0 Å². The van der Waals surface area contributed by atoms with Crippen LogP contribution >= 0.6 is 0 Å². The van der Waals surface area contributed by atoms with Crippen molar-refractivity contribution in [2.45, 2.75) is 0 Å². The molecule has 0 spiro atoms. The lowest BCUT2D eigenvalue weighted by Crippen LogP contribution is -2.42. The third kappa shape index (κ3) is 5.07. The number of halogens is 2. The van der Waals surface area contributed by atoms with Gasteiger partial charge >= 0.3 is 0 Å². The van der Waals surface area contributed by atoms with E-state index in [1.807, 2.05) is 35.2 Å². The summed E-state index contributed by atoms with van der Waals surface area (Å²) in [6.07, 6.45) is 1.60. The molecule has 1 fully saturated rings. The molecule has 3 aromatic carbocycles. The van der Waals surface area contributed by atoms with Crippen LogP contribution in [0.25, 0.3) is 22.0 Å². The SMILES string of the molecule is O=C1C(c2cnc3ccccc3c2)=C(c2cc(F)cc(F)c2)c2ccc(OCCN3CCS(=O)(=O)CC3)cc21. The van der Waals surface area contributed by atoms with Gasteiger partial charge in [0.25, 0.3) is 0 Å². The number of sulfone groups is 1. The third-order valence-electron chi connectivity index (χ3n) is 7.13. The predicted molar refractivity (Wildman–Crippen MR) is 145 cm³/mol. The monoisotopic (exact) mass is 546 g/mol. The quantitative estimate of drug-likeness (QED) is 0.347. The minimum atomic E-state index is -2.96. The smallest absolute Gasteiger partial charge is 0.195 e. The topological polar surface area (TPSA) is 76.6 Å². The lowest BCUT2D eigenvalue weighted by Gasteiger charge is -2.26. The maximum Gasteiger partial charge on any atom is 0.195 e. The molecule has 0 atom stereocenters. The van der Waals surface area contributed by atoms with Gasteiger partial charge in [-0.2, -0.15) is 0 Å². The van der Waals surface area contributed by atoms with E-state index in [0.717, 1.165) is 17.0 Å². The van der Waals surface area contributed by atoms with Gasteiger partial charge in [-0.3, -0.25) is 14.7 Å². The van der Waals surface area contributed by atoms with E-state index in [0.29, 0.717) is 59.8 Å². The first kappa shape index (κ1) is 25.3. The standard InChI is InChI=1S/C30H24F2N2O4S/c31-22-14-20(15-23(32)16-22)28-25-6-5-24(38-10-7-34-8-11-39(36,37)12-9-34)17-26(25)30(35)29(28)21-13-19-3-1-2-4-27(19)33-18-21/h1-6,13-18H,7-12H2. The van der Waals surface area contributed by atoms with Crippen LogP contribution in [0.1, 0.15) is 27.0 Å². The first-order valence-corrected chi connectivity index (χ1v) is 14.4. The number of carbonyl (C=O) groups is 1. The van der Waals surface area contributed by atoms with Crippen LogP contribution in [-0.4, -0.2) is 61.8 Å². The molecule has 4 aromatic rings. The average Bonchev–Trinajstić information content (AvgIpc) is 3.20. The van der Waals surface area contributed by atoms with Crippen molar-refractivity contribution in [3.05, 3.63) is 107 Å². The molecule has 0 amide bonds. The van der Waals surface area contributed by atoms with Crippen LogP contribution in [0.5, 0.6) is 5.75 Å². The molecule has 0 unspecified atom stereocenters. The second-order valence-electron chi connectivity index (χ2n) is 9.70. The lowest BCUT2D eigenvalue weighted by atomic mass is 9.94. The van der Waals surface area contributed by atoms with E-state index in [4.69, 9.17) is 4.74 Å². The lowest BCUT2D eigenvalue weighted by molar-refractivity contribution is 0.105. The molecule has 0 bridgehead atoms. The molecular formula is C30H24F2N2O4S. The molecule has 39 heavy (non-hydrogen) atoms. The van der Waals surface area contributed by atoms with Crippen LogP contribution in [0, 0.1) is 11.6 Å². The Balaban J connectivity index is 1.34. The summed E-state index contributed by atoms with van der Waals surface area (Å²) < 4.78 is 57.8. The van der Waals surface area contributed by atoms with E-state index >= 15 is 0 Å². The largest absolute Gasteiger partial charge is 0.492 e. The van der Waals surface area contributed by atoms with Gasteiger partial charge < -0.3 is 4.74 Å². The molecule has 0 saturated carbocycles. The summed E-state index contributed by atoms with van der Waals surface area (Å²) in [6, 6.07) is 17.7. The second kappa shape index (κ2) is 9.98. The van der Waals surface area contributed by atoms with Gasteiger partial charge in [-0.15, -0.1) is 0 Å². The maximum atomic E-state index is 14.3. The van der Waals surface area contributed by atoms with Gasteiger partial charge in [-0.25, -0.2) is 17.2 Å². The Bertz CT molecular complexity index is 1730. The Kier molecular flexibility index (Phi) is 6.48. The highest BCUT2D eigenvalue weighted by molar-refractivity contribution is 7.91. The van der Waals surface area contributed by atoms with E-state index in [2.05, 4.69) is 4.98 Å². The number of hydrogen-bond acceptors (Lipinski definition) is 6. The zero-order valence-corrected chi connectivity index (χ0v) is 21.7. The highest BCUT2D eigenvalue weighted by atomic mass is 32.2. The van der Waals surface area contributed by atoms with Crippen LogP contribution in [0.15, 0.2) is 72.9 Å². The van der Waals surface area contributed by atoms with E-state index in [1.54, 1.807) is 24.4 Å². The van der Waals surface area contributed by atoms with Crippen LogP contribution in [-0.2, 0) is 9.84 Å². The summed E-state index contributed by atoms with van der Waals surface area (Å²) in [7, 11) is -2.96. The van der Waals surface area contributed by atoms with Gasteiger partial charge in [0.15, 0.2) is 15.6 Å². The highest BCUT2D eigenvalue weighted by Crippen LogP contribution is 2.44. The Morgan fingerprint density at radius 3 is 2.36 bits per heavy atom. The second-order valence-corrected chi connectivity index (χ2v) is 12.0. The predicted octanol–water partition coefficient (Wildman–Crippen LogP) is 4.78. The summed E-state index contributed by atoms with van der Waals surface area (Å²) in [5.74, 6) is -0.994. The maximum absolute atomic E-state index is 14.3. The van der Waals surface area contributed by atoms with Crippen LogP contribution in [0.4, 0.5) is 8.78 Å². The van der Waals surface area contributed by atoms with Gasteiger partial charge in [0, 0.05) is 59.6 Å². The Labute approximate surface area is 224 Å². The Morgan fingerprint density at radius 1 is 0.846 bits per heavy atom. The summed E-state index contributed by atoms with van der Waals surface area (Å²) in [6.45, 7) is 1.81. The number of rotatable bonds is 6. The molecule has 2 aliphatic rings. The number of aromatic nitrogens is 1. The normalized spacial score (nSPS) is 17.0. The van der Waals surface area contributed by atoms with E-state index in [-0.39, 0.29) is 22.9 Å². The minimum Gasteiger partial charge on any atom is -0.492 e. The number of Topliss-reactive ketones (excluding diaryl/α,β-unsaturated/α-hetero) is 1. The number of pyridine rings is 1. The molecule has 2 heterocycles. The van der Waals surface area contributed by atoms with E-state index < -0.39 is 21.5 Å². The number of ether oxygens (including phenoxy) is 1. The highest BCUT2D eigenvalue weighted by Gasteiger charge is 2.33. The van der Waals surface area contributed by atoms with Crippen molar-refractivity contribution < 1.29 is 26.7 Å². The fourth-order valence-corrected chi connectivity index (χ4v) is 6.43. The first-order valence-electron chi connectivity index (χ1n) is 12.6. The number of hydrogen-bond donors (Lipinski definition) is 0. The Hall–Kier alpha value is -3.95. The molecule has 9 heteroatoms. The fourth-order valence-electron chi connectivity index (χ4n) is 5.15. The number of para-hydroxylation sites is 1. The molecule has 198 valence electrons. The summed E-state index contributed by atoms with van der Waals surface area (Å²) in [5.41, 5.74) is 3.27. The average molecular weight is 547 g/mol. The number of fused-ring (bicyclic) bond motifs is 2. The molecule has 0 N–H and O–H groups in total. The van der Waals surface area contributed by atoms with Crippen molar-refractivity contribution >= 4 is 37.7 Å². The zero-order chi connectivity index (χ0) is 27.1. The van der Waals surface area contributed by atoms with Crippen molar-refractivity contribution in [1.82, 2.24) is 9.88 Å². The number of ketones is 1. The Morgan fingerprint density at radius 2 is 1.59 bits per heavy atom. The number of nitrogens with zero attached hydrogens (tertiary/aromatic N) is 2. The minimum absolute atomic E-state index is 0.141. The van der Waals surface area contributed by atoms with Crippen molar-refractivity contribution in [3.8, 4) is 5.75 Å². The molecule has 1 aliphatic heterocycles. The van der Waals surface area contributed by atoms with Gasteiger partial charge in [-0.1, -0.05) is 18.2 Å². The van der Waals surface area contributed by atoms with Crippen LogP contribution in [0.3, 0.4) is 0 Å². The number of carbonyl (C=O) groups excluding carboxylic acids is 1. The zero-order valence-electron chi connectivity index (χ0n) is 20.9. The van der Waals surface area contributed by atoms with E-state index in [9.17, 15) is 22.0 Å². The molecule has 1 saturated heterocycles. The number of benzene rings is 3. The summed E-state index contributed by atoms with van der Waals surface area (Å²) >= 11 is 0. The van der Waals surface area contributed by atoms with Crippen LogP contribution < -0.4 is 4.74 Å². The van der Waals surface area contributed by atoms with E-state index in [1.165, 1.54) is 12.1 Å². The third-order valence-corrected chi connectivity index (χ3v) is 8.73. The molecule has 1 aromatic heterocycles. The number of allylic oxidation sites excluding steroid dienone is 1. The summed E-state index contributed by atoms with van der Waals surface area (Å²) in [5, 5.41) is 0.838. The van der Waals surface area contributed by atoms with Crippen molar-refractivity contribution in [2.75, 3.05) is 37.7 Å². The molecule has 0 radical (unpaired) electrons. The van der Waals surface area contributed by atoms with Crippen molar-refractivity contribution in [3.63, 3.8) is 0 Å². The van der Waals surface area contributed by atoms with Crippen molar-refractivity contribution in [1.29, 1.82) is 0 Å². The van der Waals surface area contributed by atoms with Gasteiger partial charge in [0.2, 0.25) is 0 Å². The molecular weight excluding hydrogens is 522 g/mol. The molecule has 6 rings (SSSR count).